The van der Waals surface area contributed by atoms with Crippen molar-refractivity contribution in [2.24, 2.45) is 5.92 Å². The first-order valence-electron chi connectivity index (χ1n) is 7.28. The number of carbonyl (C=O) groups excluding carboxylic acids is 1. The van der Waals surface area contributed by atoms with Gasteiger partial charge in [-0.3, -0.25) is 4.79 Å². The monoisotopic (exact) mass is 280 g/mol. The molecule has 1 aliphatic carbocycles. The van der Waals surface area contributed by atoms with Crippen molar-refractivity contribution >= 4 is 17.2 Å². The standard InChI is InChI=1S/C15H24N2OS/c1-16-10-4-9-14(18)17-15(12-6-2-3-7-12)13-8-5-11-19-13/h5,8,11-12,15-16H,2-4,6-7,9-10H2,1H3,(H,17,18). The van der Waals surface area contributed by atoms with Gasteiger partial charge in [-0.2, -0.15) is 0 Å². The van der Waals surface area contributed by atoms with Crippen molar-refractivity contribution in [3.8, 4) is 0 Å². The van der Waals surface area contributed by atoms with Crippen LogP contribution < -0.4 is 10.6 Å². The lowest BCUT2D eigenvalue weighted by molar-refractivity contribution is -0.122. The molecule has 0 radical (unpaired) electrons. The molecule has 3 nitrogen and oxygen atoms in total. The van der Waals surface area contributed by atoms with Gasteiger partial charge in [-0.25, -0.2) is 0 Å². The quantitative estimate of drug-likeness (QED) is 0.754. The van der Waals surface area contributed by atoms with Gasteiger partial charge in [0.1, 0.15) is 0 Å². The Bertz CT molecular complexity index is 372. The summed E-state index contributed by atoms with van der Waals surface area (Å²) in [6, 6.07) is 4.47. The average molecular weight is 280 g/mol. The summed E-state index contributed by atoms with van der Waals surface area (Å²) in [5, 5.41) is 8.45. The second-order valence-corrected chi connectivity index (χ2v) is 6.29. The van der Waals surface area contributed by atoms with Crippen LogP contribution >= 0.6 is 11.3 Å². The predicted octanol–water partition coefficient (Wildman–Crippen LogP) is 3.10. The van der Waals surface area contributed by atoms with Crippen LogP contribution in [0.15, 0.2) is 17.5 Å². The molecule has 0 aromatic carbocycles. The minimum Gasteiger partial charge on any atom is -0.348 e. The molecule has 4 heteroatoms. The second-order valence-electron chi connectivity index (χ2n) is 5.31. The van der Waals surface area contributed by atoms with Crippen molar-refractivity contribution in [2.75, 3.05) is 13.6 Å². The highest BCUT2D eigenvalue weighted by atomic mass is 32.1. The van der Waals surface area contributed by atoms with Crippen LogP contribution in [0.1, 0.15) is 49.4 Å². The maximum absolute atomic E-state index is 12.0. The van der Waals surface area contributed by atoms with Crippen LogP contribution in [-0.4, -0.2) is 19.5 Å². The molecule has 1 aromatic heterocycles. The van der Waals surface area contributed by atoms with Crippen molar-refractivity contribution in [2.45, 2.75) is 44.6 Å². The molecule has 1 saturated carbocycles. The van der Waals surface area contributed by atoms with Gasteiger partial charge >= 0.3 is 0 Å². The lowest BCUT2D eigenvalue weighted by atomic mass is 9.96. The minimum absolute atomic E-state index is 0.195. The number of thiophene rings is 1. The summed E-state index contributed by atoms with van der Waals surface area (Å²) in [6.45, 7) is 0.903. The molecule has 0 saturated heterocycles. The number of rotatable bonds is 7. The van der Waals surface area contributed by atoms with E-state index in [2.05, 4.69) is 28.1 Å². The Morgan fingerprint density at radius 1 is 1.47 bits per heavy atom. The summed E-state index contributed by atoms with van der Waals surface area (Å²) < 4.78 is 0. The number of amides is 1. The van der Waals surface area contributed by atoms with E-state index in [1.807, 2.05) is 7.05 Å². The lowest BCUT2D eigenvalue weighted by Crippen LogP contribution is -2.32. The smallest absolute Gasteiger partial charge is 0.220 e. The predicted molar refractivity (Wildman–Crippen MR) is 80.3 cm³/mol. The molecular weight excluding hydrogens is 256 g/mol. The van der Waals surface area contributed by atoms with Crippen LogP contribution in [0.2, 0.25) is 0 Å². The highest BCUT2D eigenvalue weighted by molar-refractivity contribution is 7.10. The Morgan fingerprint density at radius 3 is 2.89 bits per heavy atom. The van der Waals surface area contributed by atoms with Gasteiger partial charge in [0.15, 0.2) is 0 Å². The van der Waals surface area contributed by atoms with E-state index in [1.54, 1.807) is 11.3 Å². The van der Waals surface area contributed by atoms with Gasteiger partial charge in [-0.05, 0) is 50.2 Å². The molecule has 1 unspecified atom stereocenters. The molecule has 1 heterocycles. The zero-order valence-corrected chi connectivity index (χ0v) is 12.5. The Hall–Kier alpha value is -0.870. The second kappa shape index (κ2) is 7.65. The third kappa shape index (κ3) is 4.32. The fraction of sp³-hybridized carbons (Fsp3) is 0.667. The van der Waals surface area contributed by atoms with Crippen LogP contribution in [0.3, 0.4) is 0 Å². The first kappa shape index (κ1) is 14.5. The van der Waals surface area contributed by atoms with E-state index in [1.165, 1.54) is 30.6 Å². The van der Waals surface area contributed by atoms with Gasteiger partial charge in [0.05, 0.1) is 6.04 Å². The number of hydrogen-bond acceptors (Lipinski definition) is 3. The number of hydrogen-bond donors (Lipinski definition) is 2. The topological polar surface area (TPSA) is 41.1 Å². The molecule has 0 bridgehead atoms. The molecule has 1 aromatic rings. The molecule has 106 valence electrons. The van der Waals surface area contributed by atoms with Crippen LogP contribution in [-0.2, 0) is 4.79 Å². The molecule has 1 fully saturated rings. The molecule has 1 amide bonds. The number of carbonyl (C=O) groups is 1. The van der Waals surface area contributed by atoms with Gasteiger partial charge < -0.3 is 10.6 Å². The molecule has 19 heavy (non-hydrogen) atoms. The Morgan fingerprint density at radius 2 is 2.26 bits per heavy atom. The summed E-state index contributed by atoms with van der Waals surface area (Å²) in [7, 11) is 1.92. The first-order valence-corrected chi connectivity index (χ1v) is 8.16. The van der Waals surface area contributed by atoms with E-state index in [-0.39, 0.29) is 11.9 Å². The average Bonchev–Trinajstić information content (AvgIpc) is 3.09. The van der Waals surface area contributed by atoms with E-state index in [4.69, 9.17) is 0 Å². The molecule has 1 atom stereocenters. The van der Waals surface area contributed by atoms with Gasteiger partial charge in [0.25, 0.3) is 0 Å². The fourth-order valence-corrected chi connectivity index (χ4v) is 3.72. The maximum atomic E-state index is 12.0. The van der Waals surface area contributed by atoms with Crippen molar-refractivity contribution in [1.29, 1.82) is 0 Å². The van der Waals surface area contributed by atoms with E-state index in [0.717, 1.165) is 13.0 Å². The van der Waals surface area contributed by atoms with Gasteiger partial charge in [0.2, 0.25) is 5.91 Å². The molecule has 1 aliphatic rings. The van der Waals surface area contributed by atoms with Gasteiger partial charge in [-0.15, -0.1) is 11.3 Å². The first-order chi connectivity index (χ1) is 9.31. The summed E-state index contributed by atoms with van der Waals surface area (Å²) in [4.78, 5) is 13.4. The van der Waals surface area contributed by atoms with Gasteiger partial charge in [0, 0.05) is 11.3 Å². The molecule has 2 N–H and O–H groups in total. The van der Waals surface area contributed by atoms with E-state index >= 15 is 0 Å². The third-order valence-corrected chi connectivity index (χ3v) is 4.82. The Labute approximate surface area is 119 Å². The highest BCUT2D eigenvalue weighted by Crippen LogP contribution is 2.37. The van der Waals surface area contributed by atoms with E-state index < -0.39 is 0 Å². The van der Waals surface area contributed by atoms with Crippen LogP contribution in [0.4, 0.5) is 0 Å². The summed E-state index contributed by atoms with van der Waals surface area (Å²) in [5.74, 6) is 0.826. The van der Waals surface area contributed by atoms with E-state index in [0.29, 0.717) is 12.3 Å². The zero-order valence-electron chi connectivity index (χ0n) is 11.7. The molecule has 0 aliphatic heterocycles. The molecule has 0 spiro atoms. The highest BCUT2D eigenvalue weighted by Gasteiger charge is 2.28. The third-order valence-electron chi connectivity index (χ3n) is 3.87. The largest absolute Gasteiger partial charge is 0.348 e. The lowest BCUT2D eigenvalue weighted by Gasteiger charge is -2.23. The van der Waals surface area contributed by atoms with Crippen LogP contribution in [0, 0.1) is 5.92 Å². The maximum Gasteiger partial charge on any atom is 0.220 e. The van der Waals surface area contributed by atoms with Crippen molar-refractivity contribution in [3.63, 3.8) is 0 Å². The summed E-state index contributed by atoms with van der Waals surface area (Å²) >= 11 is 1.76. The van der Waals surface area contributed by atoms with Gasteiger partial charge in [-0.1, -0.05) is 18.9 Å². The Kier molecular flexibility index (Phi) is 5.86. The summed E-state index contributed by atoms with van der Waals surface area (Å²) in [5.41, 5.74) is 0. The zero-order chi connectivity index (χ0) is 13.5. The van der Waals surface area contributed by atoms with Crippen molar-refractivity contribution in [1.82, 2.24) is 10.6 Å². The Balaban J connectivity index is 1.92. The van der Waals surface area contributed by atoms with Crippen LogP contribution in [0.25, 0.3) is 0 Å². The molecular formula is C15H24N2OS. The van der Waals surface area contributed by atoms with Crippen molar-refractivity contribution < 1.29 is 4.79 Å². The normalized spacial score (nSPS) is 17.5. The summed E-state index contributed by atoms with van der Waals surface area (Å²) in [6.07, 6.45) is 6.64. The number of nitrogens with one attached hydrogen (secondary N) is 2. The van der Waals surface area contributed by atoms with Crippen molar-refractivity contribution in [3.05, 3.63) is 22.4 Å². The SMILES string of the molecule is CNCCCC(=O)NC(c1cccs1)C1CCCC1. The van der Waals surface area contributed by atoms with Crippen LogP contribution in [0.5, 0.6) is 0 Å². The minimum atomic E-state index is 0.195. The van der Waals surface area contributed by atoms with E-state index in [9.17, 15) is 4.79 Å². The molecule has 2 rings (SSSR count). The fourth-order valence-electron chi connectivity index (χ4n) is 2.85.